The van der Waals surface area contributed by atoms with E-state index in [4.69, 9.17) is 19.9 Å². The molecule has 0 saturated carbocycles. The Morgan fingerprint density at radius 1 is 0.378 bits per heavy atom. The number of fused-ring (bicyclic) bond motifs is 7. The SMILES string of the molecule is c1ccc(-c2nc(-c3ccccc3)nc(-c3ccc4sc5c(ccc6c(-c7ccccc7)nc7ccccc7c65)c4c3)n2)cc1. The summed E-state index contributed by atoms with van der Waals surface area (Å²) >= 11 is 1.83. The molecule has 0 radical (unpaired) electrons. The minimum atomic E-state index is 0.658. The molecular formula is C40H24N4S. The summed E-state index contributed by atoms with van der Waals surface area (Å²) in [5.74, 6) is 1.98. The van der Waals surface area contributed by atoms with Gasteiger partial charge >= 0.3 is 0 Å². The Labute approximate surface area is 263 Å². The standard InChI is InChI=1S/C40H24N4S/c1-4-12-25(13-5-1)36-31-22-21-29-32-24-28(20-23-34(32)45-37(29)35(31)30-18-10-11-19-33(30)41-36)40-43-38(26-14-6-2-7-15-26)42-39(44-40)27-16-8-3-9-17-27/h1-24H. The van der Waals surface area contributed by atoms with Gasteiger partial charge in [0.05, 0.1) is 11.2 Å². The summed E-state index contributed by atoms with van der Waals surface area (Å²) in [4.78, 5) is 20.0. The van der Waals surface area contributed by atoms with Crippen molar-refractivity contribution in [1.29, 1.82) is 0 Å². The van der Waals surface area contributed by atoms with E-state index in [9.17, 15) is 0 Å². The first-order chi connectivity index (χ1) is 22.3. The zero-order chi connectivity index (χ0) is 29.7. The molecule has 3 aromatic heterocycles. The first-order valence-electron chi connectivity index (χ1n) is 14.9. The normalized spacial score (nSPS) is 11.6. The van der Waals surface area contributed by atoms with Crippen molar-refractivity contribution in [3.63, 3.8) is 0 Å². The Bertz CT molecular complexity index is 2470. The lowest BCUT2D eigenvalue weighted by molar-refractivity contribution is 1.07. The van der Waals surface area contributed by atoms with Crippen LogP contribution < -0.4 is 0 Å². The van der Waals surface area contributed by atoms with Crippen LogP contribution in [0.4, 0.5) is 0 Å². The van der Waals surface area contributed by atoms with Crippen LogP contribution in [0.3, 0.4) is 0 Å². The van der Waals surface area contributed by atoms with Crippen LogP contribution in [0.1, 0.15) is 0 Å². The van der Waals surface area contributed by atoms with Crippen molar-refractivity contribution in [3.8, 4) is 45.4 Å². The Balaban J connectivity index is 1.28. The highest BCUT2D eigenvalue weighted by atomic mass is 32.1. The van der Waals surface area contributed by atoms with E-state index < -0.39 is 0 Å². The third kappa shape index (κ3) is 4.36. The van der Waals surface area contributed by atoms with E-state index in [1.54, 1.807) is 0 Å². The van der Waals surface area contributed by atoms with Crippen LogP contribution in [0.5, 0.6) is 0 Å². The second-order valence-electron chi connectivity index (χ2n) is 11.1. The van der Waals surface area contributed by atoms with Gasteiger partial charge in [0.2, 0.25) is 0 Å². The zero-order valence-corrected chi connectivity index (χ0v) is 24.9. The molecule has 3 heterocycles. The second-order valence-corrected chi connectivity index (χ2v) is 12.1. The Kier molecular flexibility index (Phi) is 5.96. The third-order valence-electron chi connectivity index (χ3n) is 8.31. The largest absolute Gasteiger partial charge is 0.247 e. The fraction of sp³-hybridized carbons (Fsp3) is 0. The van der Waals surface area contributed by atoms with Gasteiger partial charge in [-0.3, -0.25) is 0 Å². The molecule has 4 nitrogen and oxygen atoms in total. The molecule has 0 atom stereocenters. The molecule has 0 saturated heterocycles. The average molecular weight is 593 g/mol. The van der Waals surface area contributed by atoms with E-state index in [0.29, 0.717) is 17.5 Å². The Morgan fingerprint density at radius 2 is 0.933 bits per heavy atom. The maximum Gasteiger partial charge on any atom is 0.164 e. The van der Waals surface area contributed by atoms with Gasteiger partial charge in [-0.15, -0.1) is 11.3 Å². The highest BCUT2D eigenvalue weighted by molar-refractivity contribution is 7.26. The predicted molar refractivity (Wildman–Crippen MR) is 187 cm³/mol. The Hall–Kier alpha value is -5.78. The highest BCUT2D eigenvalue weighted by Gasteiger charge is 2.18. The number of para-hydroxylation sites is 1. The van der Waals surface area contributed by atoms with E-state index in [2.05, 4.69) is 78.9 Å². The van der Waals surface area contributed by atoms with Gasteiger partial charge in [-0.25, -0.2) is 19.9 Å². The maximum atomic E-state index is 5.14. The number of hydrogen-bond donors (Lipinski definition) is 0. The van der Waals surface area contributed by atoms with Gasteiger partial charge in [-0.2, -0.15) is 0 Å². The van der Waals surface area contributed by atoms with Gasteiger partial charge in [0.1, 0.15) is 0 Å². The summed E-state index contributed by atoms with van der Waals surface area (Å²) < 4.78 is 2.49. The topological polar surface area (TPSA) is 51.6 Å². The maximum absolute atomic E-state index is 5.14. The van der Waals surface area contributed by atoms with Crippen molar-refractivity contribution in [2.75, 3.05) is 0 Å². The molecule has 5 heteroatoms. The van der Waals surface area contributed by atoms with Gasteiger partial charge in [-0.05, 0) is 24.3 Å². The third-order valence-corrected chi connectivity index (χ3v) is 9.51. The van der Waals surface area contributed by atoms with E-state index in [1.165, 1.54) is 30.9 Å². The van der Waals surface area contributed by atoms with Crippen LogP contribution in [0.15, 0.2) is 146 Å². The fourth-order valence-corrected chi connectivity index (χ4v) is 7.41. The molecule has 9 rings (SSSR count). The van der Waals surface area contributed by atoms with Crippen molar-refractivity contribution in [3.05, 3.63) is 146 Å². The molecule has 0 unspecified atom stereocenters. The van der Waals surface area contributed by atoms with Crippen LogP contribution in [-0.4, -0.2) is 19.9 Å². The molecule has 9 aromatic rings. The molecule has 6 aromatic carbocycles. The summed E-state index contributed by atoms with van der Waals surface area (Å²) in [5.41, 5.74) is 6.01. The number of benzene rings is 6. The first kappa shape index (κ1) is 25.7. The zero-order valence-electron chi connectivity index (χ0n) is 24.1. The van der Waals surface area contributed by atoms with Crippen molar-refractivity contribution < 1.29 is 0 Å². The molecule has 0 fully saturated rings. The summed E-state index contributed by atoms with van der Waals surface area (Å²) in [6.45, 7) is 0. The van der Waals surface area contributed by atoms with Crippen LogP contribution >= 0.6 is 11.3 Å². The molecule has 0 aliphatic carbocycles. The average Bonchev–Trinajstić information content (AvgIpc) is 3.50. The van der Waals surface area contributed by atoms with E-state index in [1.807, 2.05) is 78.1 Å². The summed E-state index contributed by atoms with van der Waals surface area (Å²) in [6.07, 6.45) is 0. The molecule has 0 aliphatic heterocycles. The lowest BCUT2D eigenvalue weighted by Crippen LogP contribution is -2.00. The van der Waals surface area contributed by atoms with Gasteiger partial charge in [0.25, 0.3) is 0 Å². The van der Waals surface area contributed by atoms with Crippen molar-refractivity contribution in [1.82, 2.24) is 19.9 Å². The summed E-state index contributed by atoms with van der Waals surface area (Å²) in [6, 6.07) is 50.2. The van der Waals surface area contributed by atoms with Crippen LogP contribution in [-0.2, 0) is 0 Å². The monoisotopic (exact) mass is 592 g/mol. The first-order valence-corrected chi connectivity index (χ1v) is 15.7. The van der Waals surface area contributed by atoms with Gasteiger partial charge in [0.15, 0.2) is 17.5 Å². The lowest BCUT2D eigenvalue weighted by atomic mass is 9.98. The van der Waals surface area contributed by atoms with Gasteiger partial charge in [-0.1, -0.05) is 121 Å². The quantitative estimate of drug-likeness (QED) is 0.191. The van der Waals surface area contributed by atoms with Crippen LogP contribution in [0.2, 0.25) is 0 Å². The highest BCUT2D eigenvalue weighted by Crippen LogP contribution is 2.44. The van der Waals surface area contributed by atoms with Crippen molar-refractivity contribution in [2.24, 2.45) is 0 Å². The molecular weight excluding hydrogens is 569 g/mol. The molecule has 0 N–H and O–H groups in total. The number of hydrogen-bond acceptors (Lipinski definition) is 5. The number of thiophene rings is 1. The smallest absolute Gasteiger partial charge is 0.164 e. The second kappa shape index (κ2) is 10.4. The fourth-order valence-electron chi connectivity index (χ4n) is 6.16. The summed E-state index contributed by atoms with van der Waals surface area (Å²) in [5, 5.41) is 6.00. The summed E-state index contributed by atoms with van der Waals surface area (Å²) in [7, 11) is 0. The van der Waals surface area contributed by atoms with Gasteiger partial charge in [0, 0.05) is 58.6 Å². The molecule has 0 aliphatic rings. The lowest BCUT2D eigenvalue weighted by Gasteiger charge is -2.11. The Morgan fingerprint density at radius 3 is 1.60 bits per heavy atom. The molecule has 0 spiro atoms. The van der Waals surface area contributed by atoms with E-state index in [-0.39, 0.29) is 0 Å². The molecule has 0 amide bonds. The van der Waals surface area contributed by atoms with Crippen molar-refractivity contribution >= 4 is 53.2 Å². The van der Waals surface area contributed by atoms with Gasteiger partial charge < -0.3 is 0 Å². The minimum absolute atomic E-state index is 0.658. The predicted octanol–water partition coefficient (Wildman–Crippen LogP) is 10.6. The number of nitrogens with zero attached hydrogens (tertiary/aromatic N) is 4. The number of rotatable bonds is 4. The van der Waals surface area contributed by atoms with Crippen molar-refractivity contribution in [2.45, 2.75) is 0 Å². The molecule has 0 bridgehead atoms. The van der Waals surface area contributed by atoms with E-state index in [0.717, 1.165) is 38.9 Å². The van der Waals surface area contributed by atoms with E-state index >= 15 is 0 Å². The minimum Gasteiger partial charge on any atom is -0.247 e. The van der Waals surface area contributed by atoms with Crippen LogP contribution in [0, 0.1) is 0 Å². The number of pyridine rings is 1. The molecule has 210 valence electrons. The number of aromatic nitrogens is 4. The van der Waals surface area contributed by atoms with Crippen LogP contribution in [0.25, 0.3) is 87.3 Å². The molecule has 45 heavy (non-hydrogen) atoms.